The van der Waals surface area contributed by atoms with Crippen LogP contribution in [0.15, 0.2) is 30.6 Å². The van der Waals surface area contributed by atoms with E-state index in [-0.39, 0.29) is 6.04 Å². The largest absolute Gasteiger partial charge is 0.328 e. The molecule has 0 aliphatic heterocycles. The maximum absolute atomic E-state index is 5.83. The molecule has 2 aromatic rings. The van der Waals surface area contributed by atoms with E-state index in [1.54, 1.807) is 0 Å². The van der Waals surface area contributed by atoms with Crippen molar-refractivity contribution in [2.45, 2.75) is 33.2 Å². The molecule has 1 atom stereocenters. The summed E-state index contributed by atoms with van der Waals surface area (Å²) < 4.78 is 1.90. The molecule has 0 aliphatic rings. The van der Waals surface area contributed by atoms with Crippen LogP contribution in [0.2, 0.25) is 0 Å². The Morgan fingerprint density at radius 3 is 2.65 bits per heavy atom. The molecular formula is C14H19N3. The number of aryl methyl sites for hydroxylation is 2. The van der Waals surface area contributed by atoms with Crippen LogP contribution in [-0.4, -0.2) is 15.8 Å². The molecule has 90 valence electrons. The van der Waals surface area contributed by atoms with Crippen LogP contribution in [0.4, 0.5) is 0 Å². The van der Waals surface area contributed by atoms with E-state index in [4.69, 9.17) is 5.73 Å². The van der Waals surface area contributed by atoms with Gasteiger partial charge < -0.3 is 5.73 Å². The van der Waals surface area contributed by atoms with Gasteiger partial charge in [0, 0.05) is 12.2 Å². The molecule has 3 heteroatoms. The minimum Gasteiger partial charge on any atom is -0.328 e. The Hall–Kier alpha value is -1.61. The molecule has 0 radical (unpaired) electrons. The number of benzene rings is 1. The number of nitrogens with two attached hydrogens (primary N) is 1. The lowest BCUT2D eigenvalue weighted by Gasteiger charge is -2.10. The molecule has 1 unspecified atom stereocenters. The van der Waals surface area contributed by atoms with Crippen LogP contribution in [0, 0.1) is 13.8 Å². The van der Waals surface area contributed by atoms with Crippen LogP contribution in [0.3, 0.4) is 0 Å². The first-order valence-corrected chi connectivity index (χ1v) is 5.93. The molecule has 2 rings (SSSR count). The molecule has 0 bridgehead atoms. The Labute approximate surface area is 102 Å². The highest BCUT2D eigenvalue weighted by Crippen LogP contribution is 2.16. The maximum atomic E-state index is 5.83. The van der Waals surface area contributed by atoms with Crippen molar-refractivity contribution >= 4 is 0 Å². The van der Waals surface area contributed by atoms with Gasteiger partial charge >= 0.3 is 0 Å². The first-order chi connectivity index (χ1) is 8.06. The smallest absolute Gasteiger partial charge is 0.0648 e. The first kappa shape index (κ1) is 11.9. The summed E-state index contributed by atoms with van der Waals surface area (Å²) in [6.45, 7) is 6.20. The summed E-state index contributed by atoms with van der Waals surface area (Å²) in [6.07, 6.45) is 4.81. The van der Waals surface area contributed by atoms with Gasteiger partial charge in [-0.15, -0.1) is 0 Å². The third kappa shape index (κ3) is 2.74. The maximum Gasteiger partial charge on any atom is 0.0648 e. The zero-order valence-electron chi connectivity index (χ0n) is 10.6. The van der Waals surface area contributed by atoms with E-state index in [1.807, 2.05) is 30.9 Å². The van der Waals surface area contributed by atoms with Crippen LogP contribution >= 0.6 is 0 Å². The van der Waals surface area contributed by atoms with Crippen LogP contribution in [0.25, 0.3) is 5.69 Å². The lowest BCUT2D eigenvalue weighted by atomic mass is 10.0. The number of hydrogen-bond acceptors (Lipinski definition) is 2. The molecule has 0 aliphatic carbocycles. The summed E-state index contributed by atoms with van der Waals surface area (Å²) in [4.78, 5) is 0. The second-order valence-corrected chi connectivity index (χ2v) is 4.75. The van der Waals surface area contributed by atoms with Crippen LogP contribution in [0.1, 0.15) is 23.6 Å². The topological polar surface area (TPSA) is 43.8 Å². The SMILES string of the molecule is Cc1cnn(-c2ccc(CC(C)N)c(C)c2)c1. The highest BCUT2D eigenvalue weighted by molar-refractivity contribution is 5.40. The molecule has 1 heterocycles. The Bertz CT molecular complexity index is 512. The van der Waals surface area contributed by atoms with Gasteiger partial charge in [-0.1, -0.05) is 6.07 Å². The third-order valence-electron chi connectivity index (χ3n) is 2.84. The van der Waals surface area contributed by atoms with Gasteiger partial charge in [-0.25, -0.2) is 4.68 Å². The molecule has 1 aromatic heterocycles. The molecular weight excluding hydrogens is 210 g/mol. The van der Waals surface area contributed by atoms with Crippen LogP contribution in [-0.2, 0) is 6.42 Å². The second-order valence-electron chi connectivity index (χ2n) is 4.75. The van der Waals surface area contributed by atoms with Gasteiger partial charge in [0.1, 0.15) is 0 Å². The van der Waals surface area contributed by atoms with Crippen molar-refractivity contribution in [1.82, 2.24) is 9.78 Å². The number of rotatable bonds is 3. The Morgan fingerprint density at radius 1 is 1.35 bits per heavy atom. The van der Waals surface area contributed by atoms with Gasteiger partial charge in [0.15, 0.2) is 0 Å². The van der Waals surface area contributed by atoms with Crippen molar-refractivity contribution in [1.29, 1.82) is 0 Å². The number of aromatic nitrogens is 2. The predicted molar refractivity (Wildman–Crippen MR) is 70.4 cm³/mol. The van der Waals surface area contributed by atoms with E-state index in [0.29, 0.717) is 0 Å². The average Bonchev–Trinajstić information content (AvgIpc) is 2.67. The molecule has 0 saturated heterocycles. The molecule has 3 nitrogen and oxygen atoms in total. The van der Waals surface area contributed by atoms with Gasteiger partial charge in [0.2, 0.25) is 0 Å². The van der Waals surface area contributed by atoms with Crippen molar-refractivity contribution in [2.75, 3.05) is 0 Å². The standard InChI is InChI=1S/C14H19N3/c1-10-8-16-17(9-10)14-5-4-13(7-12(3)15)11(2)6-14/h4-6,8-9,12H,7,15H2,1-3H3. The van der Waals surface area contributed by atoms with E-state index in [2.05, 4.69) is 30.2 Å². The van der Waals surface area contributed by atoms with Gasteiger partial charge in [-0.05, 0) is 56.0 Å². The zero-order chi connectivity index (χ0) is 12.4. The van der Waals surface area contributed by atoms with Crippen LogP contribution < -0.4 is 5.73 Å². The van der Waals surface area contributed by atoms with Crippen LogP contribution in [0.5, 0.6) is 0 Å². The van der Waals surface area contributed by atoms with E-state index in [0.717, 1.165) is 12.1 Å². The monoisotopic (exact) mass is 229 g/mol. The lowest BCUT2D eigenvalue weighted by Crippen LogP contribution is -2.18. The quantitative estimate of drug-likeness (QED) is 0.878. The lowest BCUT2D eigenvalue weighted by molar-refractivity contribution is 0.734. The summed E-state index contributed by atoms with van der Waals surface area (Å²) in [5, 5.41) is 4.31. The average molecular weight is 229 g/mol. The minimum atomic E-state index is 0.200. The molecule has 1 aromatic carbocycles. The summed E-state index contributed by atoms with van der Waals surface area (Å²) in [7, 11) is 0. The molecule has 17 heavy (non-hydrogen) atoms. The van der Waals surface area contributed by atoms with Gasteiger partial charge in [0.05, 0.1) is 11.9 Å². The fourth-order valence-corrected chi connectivity index (χ4v) is 1.95. The predicted octanol–water partition coefficient (Wildman–Crippen LogP) is 2.38. The highest BCUT2D eigenvalue weighted by Gasteiger charge is 2.04. The first-order valence-electron chi connectivity index (χ1n) is 5.93. The molecule has 0 amide bonds. The fourth-order valence-electron chi connectivity index (χ4n) is 1.95. The summed E-state index contributed by atoms with van der Waals surface area (Å²) >= 11 is 0. The molecule has 0 saturated carbocycles. The van der Waals surface area contributed by atoms with Crippen molar-refractivity contribution in [3.8, 4) is 5.69 Å². The highest BCUT2D eigenvalue weighted by atomic mass is 15.3. The van der Waals surface area contributed by atoms with Gasteiger partial charge in [0.25, 0.3) is 0 Å². The zero-order valence-corrected chi connectivity index (χ0v) is 10.6. The summed E-state index contributed by atoms with van der Waals surface area (Å²) in [5.74, 6) is 0. The summed E-state index contributed by atoms with van der Waals surface area (Å²) in [5.41, 5.74) is 10.7. The summed E-state index contributed by atoms with van der Waals surface area (Å²) in [6, 6.07) is 6.60. The van der Waals surface area contributed by atoms with E-state index in [1.165, 1.54) is 16.7 Å². The van der Waals surface area contributed by atoms with Gasteiger partial charge in [-0.2, -0.15) is 5.10 Å². The number of nitrogens with zero attached hydrogens (tertiary/aromatic N) is 2. The minimum absolute atomic E-state index is 0.200. The van der Waals surface area contributed by atoms with Gasteiger partial charge in [-0.3, -0.25) is 0 Å². The van der Waals surface area contributed by atoms with Crippen molar-refractivity contribution in [2.24, 2.45) is 5.73 Å². The normalized spacial score (nSPS) is 12.7. The van der Waals surface area contributed by atoms with Crippen molar-refractivity contribution in [3.05, 3.63) is 47.3 Å². The third-order valence-corrected chi connectivity index (χ3v) is 2.84. The number of hydrogen-bond donors (Lipinski definition) is 1. The van der Waals surface area contributed by atoms with Crippen molar-refractivity contribution < 1.29 is 0 Å². The molecule has 0 spiro atoms. The fraction of sp³-hybridized carbons (Fsp3) is 0.357. The Balaban J connectivity index is 2.30. The van der Waals surface area contributed by atoms with Crippen molar-refractivity contribution in [3.63, 3.8) is 0 Å². The molecule has 2 N–H and O–H groups in total. The molecule has 0 fully saturated rings. The Kier molecular flexibility index (Phi) is 3.29. The van der Waals surface area contributed by atoms with E-state index >= 15 is 0 Å². The Morgan fingerprint density at radius 2 is 2.12 bits per heavy atom. The second kappa shape index (κ2) is 4.72. The van der Waals surface area contributed by atoms with E-state index < -0.39 is 0 Å². The van der Waals surface area contributed by atoms with E-state index in [9.17, 15) is 0 Å².